The van der Waals surface area contributed by atoms with Crippen molar-refractivity contribution < 1.29 is 18.3 Å². The number of morpholine rings is 1. The van der Waals surface area contributed by atoms with Crippen LogP contribution in [0.3, 0.4) is 0 Å². The maximum absolute atomic E-state index is 16.3. The summed E-state index contributed by atoms with van der Waals surface area (Å²) in [7, 11) is -2.92. The van der Waals surface area contributed by atoms with Gasteiger partial charge in [0.2, 0.25) is 0 Å². The number of anilines is 1. The quantitative estimate of drug-likeness (QED) is 0.150. The molecule has 0 spiro atoms. The van der Waals surface area contributed by atoms with Crippen LogP contribution >= 0.6 is 11.6 Å². The molecule has 5 rings (SSSR count). The SMILES string of the molecule is Cc1ncc(C=O)cc1-c1cc(CO[Si](c2ccccc2)(c2ccccc2)C(C)(C)C)c(N2C[C@@H](C)O[C@@H](C)C2)c(Cl)c1F. The van der Waals surface area contributed by atoms with Crippen LogP contribution in [-0.4, -0.2) is 44.9 Å². The van der Waals surface area contributed by atoms with E-state index in [9.17, 15) is 4.79 Å². The molecular formula is C36H40ClFN2O3Si. The van der Waals surface area contributed by atoms with Crippen molar-refractivity contribution in [2.75, 3.05) is 18.0 Å². The van der Waals surface area contributed by atoms with Gasteiger partial charge in [0.05, 0.1) is 24.5 Å². The number of aryl methyl sites for hydroxylation is 1. The molecule has 4 aromatic rings. The van der Waals surface area contributed by atoms with E-state index in [4.69, 9.17) is 20.8 Å². The van der Waals surface area contributed by atoms with Gasteiger partial charge in [-0.2, -0.15) is 0 Å². The number of ether oxygens (including phenoxy) is 1. The number of nitrogens with zero attached hydrogens (tertiary/aromatic N) is 2. The Kier molecular flexibility index (Phi) is 9.42. The number of hydrogen-bond acceptors (Lipinski definition) is 5. The lowest BCUT2D eigenvalue weighted by molar-refractivity contribution is -0.00532. The van der Waals surface area contributed by atoms with Gasteiger partial charge in [0.1, 0.15) is 5.02 Å². The molecule has 5 nitrogen and oxygen atoms in total. The lowest BCUT2D eigenvalue weighted by Crippen LogP contribution is -2.66. The van der Waals surface area contributed by atoms with Crippen molar-refractivity contribution in [1.29, 1.82) is 0 Å². The number of pyridine rings is 1. The molecule has 1 aliphatic rings. The Labute approximate surface area is 266 Å². The number of aldehydes is 1. The van der Waals surface area contributed by atoms with E-state index in [-0.39, 0.29) is 28.9 Å². The summed E-state index contributed by atoms with van der Waals surface area (Å²) in [4.78, 5) is 18.1. The van der Waals surface area contributed by atoms with E-state index in [0.29, 0.717) is 47.4 Å². The maximum Gasteiger partial charge on any atom is 0.261 e. The molecule has 1 aromatic heterocycles. The van der Waals surface area contributed by atoms with Crippen LogP contribution in [0.4, 0.5) is 10.1 Å². The first kappa shape index (κ1) is 32.0. The fourth-order valence-electron chi connectivity index (χ4n) is 6.51. The summed E-state index contributed by atoms with van der Waals surface area (Å²) in [6.45, 7) is 13.9. The fourth-order valence-corrected chi connectivity index (χ4v) is 11.4. The zero-order chi connectivity index (χ0) is 31.6. The highest BCUT2D eigenvalue weighted by atomic mass is 35.5. The molecule has 2 atom stereocenters. The summed E-state index contributed by atoms with van der Waals surface area (Å²) >= 11 is 6.99. The minimum atomic E-state index is -2.92. The number of hydrogen-bond donors (Lipinski definition) is 0. The van der Waals surface area contributed by atoms with Crippen molar-refractivity contribution in [2.24, 2.45) is 0 Å². The second-order valence-corrected chi connectivity index (χ2v) is 17.4. The van der Waals surface area contributed by atoms with E-state index in [0.717, 1.165) is 15.9 Å². The Morgan fingerprint density at radius 1 is 1.00 bits per heavy atom. The van der Waals surface area contributed by atoms with E-state index in [1.54, 1.807) is 13.0 Å². The molecule has 1 fully saturated rings. The van der Waals surface area contributed by atoms with Gasteiger partial charge in [-0.05, 0) is 48.3 Å². The molecular weight excluding hydrogens is 591 g/mol. The molecule has 2 heterocycles. The van der Waals surface area contributed by atoms with Gasteiger partial charge in [-0.1, -0.05) is 93.0 Å². The first-order valence-corrected chi connectivity index (χ1v) is 17.3. The van der Waals surface area contributed by atoms with Crippen LogP contribution in [-0.2, 0) is 15.8 Å². The van der Waals surface area contributed by atoms with Crippen molar-refractivity contribution in [2.45, 2.75) is 65.4 Å². The van der Waals surface area contributed by atoms with Gasteiger partial charge in [0.15, 0.2) is 12.1 Å². The Bertz CT molecular complexity index is 1580. The van der Waals surface area contributed by atoms with E-state index >= 15 is 4.39 Å². The van der Waals surface area contributed by atoms with Gasteiger partial charge in [-0.3, -0.25) is 9.78 Å². The summed E-state index contributed by atoms with van der Waals surface area (Å²) in [5.41, 5.74) is 3.18. The standard InChI is InChI=1S/C36H40ClFN2O3Si/c1-24-20-40(21-25(2)43-24)35-28(18-32(34(38)33(35)37)31-17-27(22-41)19-39-26(31)3)23-42-44(36(4,5)6,29-13-9-7-10-14-29)30-15-11-8-12-16-30/h7-19,22,24-25H,20-21,23H2,1-6H3/t24-,25+. The number of halogens is 2. The third-order valence-corrected chi connectivity index (χ3v) is 13.7. The van der Waals surface area contributed by atoms with Crippen LogP contribution in [0.25, 0.3) is 11.1 Å². The Morgan fingerprint density at radius 2 is 1.57 bits per heavy atom. The molecule has 8 heteroatoms. The van der Waals surface area contributed by atoms with Crippen LogP contribution in [0, 0.1) is 12.7 Å². The molecule has 1 aliphatic heterocycles. The smallest absolute Gasteiger partial charge is 0.261 e. The number of rotatable bonds is 8. The average Bonchev–Trinajstić information content (AvgIpc) is 2.99. The van der Waals surface area contributed by atoms with Crippen LogP contribution in [0.1, 0.15) is 56.2 Å². The molecule has 0 saturated carbocycles. The molecule has 230 valence electrons. The van der Waals surface area contributed by atoms with Gasteiger partial charge in [0, 0.05) is 47.2 Å². The van der Waals surface area contributed by atoms with E-state index < -0.39 is 14.1 Å². The van der Waals surface area contributed by atoms with Crippen LogP contribution in [0.15, 0.2) is 79.0 Å². The molecule has 3 aromatic carbocycles. The first-order valence-electron chi connectivity index (χ1n) is 15.0. The highest BCUT2D eigenvalue weighted by molar-refractivity contribution is 6.99. The van der Waals surface area contributed by atoms with E-state index in [2.05, 4.69) is 79.2 Å². The van der Waals surface area contributed by atoms with Crippen LogP contribution in [0.5, 0.6) is 0 Å². The number of aromatic nitrogens is 1. The predicted molar refractivity (Wildman–Crippen MR) is 179 cm³/mol. The van der Waals surface area contributed by atoms with Crippen LogP contribution in [0.2, 0.25) is 10.1 Å². The number of benzene rings is 3. The van der Waals surface area contributed by atoms with E-state index in [1.165, 1.54) is 6.20 Å². The molecule has 44 heavy (non-hydrogen) atoms. The Balaban J connectivity index is 1.72. The summed E-state index contributed by atoms with van der Waals surface area (Å²) in [6, 6.07) is 24.4. The maximum atomic E-state index is 16.3. The molecule has 0 bridgehead atoms. The highest BCUT2D eigenvalue weighted by Gasteiger charge is 2.50. The molecule has 0 radical (unpaired) electrons. The van der Waals surface area contributed by atoms with Gasteiger partial charge in [0.25, 0.3) is 8.32 Å². The van der Waals surface area contributed by atoms with E-state index in [1.807, 2.05) is 32.0 Å². The van der Waals surface area contributed by atoms with Gasteiger partial charge in [-0.25, -0.2) is 4.39 Å². The summed E-state index contributed by atoms with van der Waals surface area (Å²) in [5.74, 6) is -0.546. The summed E-state index contributed by atoms with van der Waals surface area (Å²) in [6.07, 6.45) is 2.09. The van der Waals surface area contributed by atoms with Crippen LogP contribution < -0.4 is 15.3 Å². The molecule has 0 aliphatic carbocycles. The highest BCUT2D eigenvalue weighted by Crippen LogP contribution is 2.43. The van der Waals surface area contributed by atoms with Crippen molar-refractivity contribution in [3.63, 3.8) is 0 Å². The third kappa shape index (κ3) is 6.11. The largest absolute Gasteiger partial charge is 0.403 e. The predicted octanol–water partition coefficient (Wildman–Crippen LogP) is 7.35. The van der Waals surface area contributed by atoms with Gasteiger partial charge >= 0.3 is 0 Å². The fraction of sp³-hybridized carbons (Fsp3) is 0.333. The summed E-state index contributed by atoms with van der Waals surface area (Å²) < 4.78 is 29.7. The Hall–Kier alpha value is -3.36. The zero-order valence-electron chi connectivity index (χ0n) is 26.2. The normalized spacial score (nSPS) is 17.5. The van der Waals surface area contributed by atoms with Crippen molar-refractivity contribution >= 4 is 42.3 Å². The monoisotopic (exact) mass is 630 g/mol. The summed E-state index contributed by atoms with van der Waals surface area (Å²) in [5, 5.41) is 2.09. The minimum absolute atomic E-state index is 0.0285. The zero-order valence-corrected chi connectivity index (χ0v) is 28.0. The van der Waals surface area contributed by atoms with Crippen molar-refractivity contribution in [1.82, 2.24) is 4.98 Å². The van der Waals surface area contributed by atoms with Gasteiger partial charge in [-0.15, -0.1) is 0 Å². The molecule has 0 N–H and O–H groups in total. The first-order chi connectivity index (χ1) is 21.0. The lowest BCUT2D eigenvalue weighted by atomic mass is 9.98. The number of carbonyl (C=O) groups excluding carboxylic acids is 1. The topological polar surface area (TPSA) is 51.7 Å². The second kappa shape index (κ2) is 12.9. The second-order valence-electron chi connectivity index (χ2n) is 12.7. The molecule has 0 unspecified atom stereocenters. The van der Waals surface area contributed by atoms with Crippen molar-refractivity contribution in [3.05, 3.63) is 107 Å². The lowest BCUT2D eigenvalue weighted by Gasteiger charge is -2.43. The Morgan fingerprint density at radius 3 is 2.09 bits per heavy atom. The third-order valence-electron chi connectivity index (χ3n) is 8.39. The van der Waals surface area contributed by atoms with Crippen molar-refractivity contribution in [3.8, 4) is 11.1 Å². The van der Waals surface area contributed by atoms with Gasteiger partial charge < -0.3 is 14.1 Å². The average molecular weight is 631 g/mol. The number of carbonyl (C=O) groups is 1. The minimum Gasteiger partial charge on any atom is -0.403 e. The molecule has 0 amide bonds. The molecule has 1 saturated heterocycles.